The van der Waals surface area contributed by atoms with Gasteiger partial charge < -0.3 is 10.4 Å². The molecule has 2 N–H and O–H groups in total. The van der Waals surface area contributed by atoms with Gasteiger partial charge in [0.05, 0.1) is 23.2 Å². The third-order valence-electron chi connectivity index (χ3n) is 3.05. The van der Waals surface area contributed by atoms with Crippen molar-refractivity contribution in [2.45, 2.75) is 39.3 Å². The Kier molecular flexibility index (Phi) is 4.91. The van der Waals surface area contributed by atoms with E-state index in [1.54, 1.807) is 22.7 Å². The molecule has 0 amide bonds. The van der Waals surface area contributed by atoms with E-state index in [2.05, 4.69) is 17.2 Å². The summed E-state index contributed by atoms with van der Waals surface area (Å²) in [5.41, 5.74) is 1.02. The summed E-state index contributed by atoms with van der Waals surface area (Å²) in [5.74, 6) is -0.791. The van der Waals surface area contributed by atoms with Gasteiger partial charge in [-0.3, -0.25) is 4.79 Å². The molecule has 0 aromatic carbocycles. The van der Waals surface area contributed by atoms with Gasteiger partial charge in [-0.1, -0.05) is 6.07 Å². The van der Waals surface area contributed by atoms with Crippen LogP contribution in [0.3, 0.4) is 0 Å². The van der Waals surface area contributed by atoms with Crippen molar-refractivity contribution in [3.63, 3.8) is 0 Å². The van der Waals surface area contributed by atoms with Gasteiger partial charge in [-0.25, -0.2) is 4.98 Å². The SMILES string of the molecule is Cc1nc(C)c(C(C)NC(CC(=O)O)c2cccs2)s1. The maximum atomic E-state index is 11.0. The lowest BCUT2D eigenvalue weighted by atomic mass is 10.1. The number of carboxylic acids is 1. The number of aliphatic carboxylic acids is 1. The number of nitrogens with zero attached hydrogens (tertiary/aromatic N) is 1. The van der Waals surface area contributed by atoms with E-state index >= 15 is 0 Å². The lowest BCUT2D eigenvalue weighted by molar-refractivity contribution is -0.137. The van der Waals surface area contributed by atoms with Crippen LogP contribution < -0.4 is 5.32 Å². The van der Waals surface area contributed by atoms with Crippen LogP contribution >= 0.6 is 22.7 Å². The molecule has 108 valence electrons. The smallest absolute Gasteiger partial charge is 0.305 e. The van der Waals surface area contributed by atoms with Gasteiger partial charge in [0.25, 0.3) is 0 Å². The number of thiophene rings is 1. The van der Waals surface area contributed by atoms with E-state index in [-0.39, 0.29) is 18.5 Å². The molecule has 0 saturated heterocycles. The fourth-order valence-electron chi connectivity index (χ4n) is 2.23. The first-order valence-corrected chi connectivity index (χ1v) is 8.12. The average molecular weight is 310 g/mol. The first-order valence-electron chi connectivity index (χ1n) is 6.42. The Morgan fingerprint density at radius 1 is 1.50 bits per heavy atom. The lowest BCUT2D eigenvalue weighted by Gasteiger charge is -2.20. The van der Waals surface area contributed by atoms with Crippen molar-refractivity contribution < 1.29 is 9.90 Å². The van der Waals surface area contributed by atoms with Crippen LogP contribution in [0.25, 0.3) is 0 Å². The summed E-state index contributed by atoms with van der Waals surface area (Å²) < 4.78 is 0. The average Bonchev–Trinajstić information content (AvgIpc) is 2.97. The molecule has 2 aromatic rings. The number of rotatable bonds is 6. The molecule has 0 aliphatic heterocycles. The monoisotopic (exact) mass is 310 g/mol. The molecule has 2 rings (SSSR count). The summed E-state index contributed by atoms with van der Waals surface area (Å²) >= 11 is 3.24. The van der Waals surface area contributed by atoms with Gasteiger partial charge >= 0.3 is 5.97 Å². The third kappa shape index (κ3) is 3.65. The molecular weight excluding hydrogens is 292 g/mol. The lowest BCUT2D eigenvalue weighted by Crippen LogP contribution is -2.26. The second-order valence-electron chi connectivity index (χ2n) is 4.74. The molecule has 2 heterocycles. The fraction of sp³-hybridized carbons (Fsp3) is 0.429. The maximum Gasteiger partial charge on any atom is 0.305 e. The first kappa shape index (κ1) is 15.2. The van der Waals surface area contributed by atoms with Crippen molar-refractivity contribution >= 4 is 28.6 Å². The molecule has 0 bridgehead atoms. The summed E-state index contributed by atoms with van der Waals surface area (Å²) in [4.78, 5) is 17.7. The Bertz CT molecular complexity index is 578. The maximum absolute atomic E-state index is 11.0. The standard InChI is InChI=1S/C14H18N2O2S2/c1-8-14(20-10(3)15-8)9(2)16-11(7-13(17)18)12-5-4-6-19-12/h4-6,9,11,16H,7H2,1-3H3,(H,17,18). The van der Waals surface area contributed by atoms with Gasteiger partial charge in [-0.05, 0) is 32.2 Å². The molecule has 2 atom stereocenters. The Balaban J connectivity index is 2.15. The highest BCUT2D eigenvalue weighted by atomic mass is 32.1. The minimum absolute atomic E-state index is 0.0850. The number of carboxylic acid groups (broad SMARTS) is 1. The number of aromatic nitrogens is 1. The molecular formula is C14H18N2O2S2. The summed E-state index contributed by atoms with van der Waals surface area (Å²) in [6.45, 7) is 6.04. The summed E-state index contributed by atoms with van der Waals surface area (Å²) in [6.07, 6.45) is 0.0850. The number of nitrogens with one attached hydrogen (secondary N) is 1. The van der Waals surface area contributed by atoms with E-state index in [1.165, 1.54) is 4.88 Å². The summed E-state index contributed by atoms with van der Waals surface area (Å²) in [6, 6.07) is 3.85. The number of aryl methyl sites for hydroxylation is 2. The number of hydrogen-bond acceptors (Lipinski definition) is 5. The van der Waals surface area contributed by atoms with Crippen LogP contribution in [0.15, 0.2) is 17.5 Å². The number of carbonyl (C=O) groups is 1. The molecule has 0 spiro atoms. The highest BCUT2D eigenvalue weighted by molar-refractivity contribution is 7.11. The number of hydrogen-bond donors (Lipinski definition) is 2. The molecule has 20 heavy (non-hydrogen) atoms. The van der Waals surface area contributed by atoms with Crippen LogP contribution in [0.2, 0.25) is 0 Å². The minimum Gasteiger partial charge on any atom is -0.481 e. The van der Waals surface area contributed by atoms with Crippen molar-refractivity contribution in [2.75, 3.05) is 0 Å². The molecule has 0 saturated carbocycles. The predicted octanol–water partition coefficient (Wildman–Crippen LogP) is 3.69. The summed E-state index contributed by atoms with van der Waals surface area (Å²) in [5, 5.41) is 15.5. The molecule has 0 aliphatic rings. The van der Waals surface area contributed by atoms with E-state index < -0.39 is 5.97 Å². The van der Waals surface area contributed by atoms with E-state index in [1.807, 2.05) is 31.4 Å². The quantitative estimate of drug-likeness (QED) is 0.854. The van der Waals surface area contributed by atoms with Crippen molar-refractivity contribution in [1.29, 1.82) is 0 Å². The molecule has 2 unspecified atom stereocenters. The van der Waals surface area contributed by atoms with Crippen molar-refractivity contribution in [1.82, 2.24) is 10.3 Å². The van der Waals surface area contributed by atoms with Gasteiger partial charge in [0.2, 0.25) is 0 Å². The van der Waals surface area contributed by atoms with Crippen molar-refractivity contribution in [2.24, 2.45) is 0 Å². The Hall–Kier alpha value is -1.24. The highest BCUT2D eigenvalue weighted by Gasteiger charge is 2.21. The van der Waals surface area contributed by atoms with Gasteiger partial charge in [0.15, 0.2) is 0 Å². The Morgan fingerprint density at radius 2 is 2.25 bits per heavy atom. The first-order chi connectivity index (χ1) is 9.47. The zero-order chi connectivity index (χ0) is 14.7. The molecule has 4 nitrogen and oxygen atoms in total. The van der Waals surface area contributed by atoms with Gasteiger partial charge in [0.1, 0.15) is 0 Å². The van der Waals surface area contributed by atoms with Crippen molar-refractivity contribution in [3.05, 3.63) is 38.0 Å². The molecule has 6 heteroatoms. The van der Waals surface area contributed by atoms with Gasteiger partial charge in [0, 0.05) is 15.8 Å². The van der Waals surface area contributed by atoms with Crippen LogP contribution in [-0.4, -0.2) is 16.1 Å². The third-order valence-corrected chi connectivity index (χ3v) is 5.29. The minimum atomic E-state index is -0.791. The van der Waals surface area contributed by atoms with Crippen LogP contribution in [0, 0.1) is 13.8 Å². The second-order valence-corrected chi connectivity index (χ2v) is 6.95. The van der Waals surface area contributed by atoms with Crippen LogP contribution in [0.5, 0.6) is 0 Å². The van der Waals surface area contributed by atoms with E-state index in [0.29, 0.717) is 0 Å². The normalized spacial score (nSPS) is 14.2. The van der Waals surface area contributed by atoms with E-state index in [0.717, 1.165) is 15.6 Å². The van der Waals surface area contributed by atoms with Gasteiger partial charge in [-0.15, -0.1) is 22.7 Å². The van der Waals surface area contributed by atoms with Gasteiger partial charge in [-0.2, -0.15) is 0 Å². The predicted molar refractivity (Wildman–Crippen MR) is 82.5 cm³/mol. The molecule has 2 aromatic heterocycles. The zero-order valence-electron chi connectivity index (χ0n) is 11.7. The largest absolute Gasteiger partial charge is 0.481 e. The molecule has 0 aliphatic carbocycles. The second kappa shape index (κ2) is 6.47. The Morgan fingerprint density at radius 3 is 2.75 bits per heavy atom. The summed E-state index contributed by atoms with van der Waals surface area (Å²) in [7, 11) is 0. The highest BCUT2D eigenvalue weighted by Crippen LogP contribution is 2.29. The van der Waals surface area contributed by atoms with E-state index in [4.69, 9.17) is 5.11 Å². The number of thiazole rings is 1. The fourth-order valence-corrected chi connectivity index (χ4v) is 3.96. The van der Waals surface area contributed by atoms with E-state index in [9.17, 15) is 4.79 Å². The van der Waals surface area contributed by atoms with Crippen LogP contribution in [0.1, 0.15) is 45.9 Å². The van der Waals surface area contributed by atoms with Crippen LogP contribution in [0.4, 0.5) is 0 Å². The topological polar surface area (TPSA) is 62.2 Å². The zero-order valence-corrected chi connectivity index (χ0v) is 13.3. The van der Waals surface area contributed by atoms with Crippen LogP contribution in [-0.2, 0) is 4.79 Å². The van der Waals surface area contributed by atoms with Crippen molar-refractivity contribution in [3.8, 4) is 0 Å². The molecule has 0 radical (unpaired) electrons. The Labute approximate surface area is 126 Å². The molecule has 0 fully saturated rings.